The van der Waals surface area contributed by atoms with Crippen molar-refractivity contribution < 1.29 is 0 Å². The van der Waals surface area contributed by atoms with E-state index in [1.54, 1.807) is 0 Å². The van der Waals surface area contributed by atoms with Gasteiger partial charge in [-0.25, -0.2) is 0 Å². The normalized spacial score (nSPS) is 21.5. The predicted molar refractivity (Wildman–Crippen MR) is 80.3 cm³/mol. The second-order valence-corrected chi connectivity index (χ2v) is 6.58. The average Bonchev–Trinajstić information content (AvgIpc) is 2.16. The monoisotopic (exact) mass is 240 g/mol. The minimum Gasteiger partial charge on any atom is -0.0776 e. The largest absolute Gasteiger partial charge is 0.0776 e. The lowest BCUT2D eigenvalue weighted by Gasteiger charge is -2.28. The highest BCUT2D eigenvalue weighted by molar-refractivity contribution is 4.71. The lowest BCUT2D eigenvalue weighted by Crippen LogP contribution is -2.16. The van der Waals surface area contributed by atoms with E-state index in [0.29, 0.717) is 0 Å². The average molecular weight is 240 g/mol. The van der Waals surface area contributed by atoms with E-state index in [-0.39, 0.29) is 7.43 Å². The van der Waals surface area contributed by atoms with Gasteiger partial charge in [-0.3, -0.25) is 0 Å². The molecule has 0 aromatic rings. The van der Waals surface area contributed by atoms with Crippen LogP contribution in [0.1, 0.15) is 86.5 Å². The Morgan fingerprint density at radius 2 is 0.941 bits per heavy atom. The molecule has 0 aromatic carbocycles. The molecule has 2 rings (SSSR count). The van der Waals surface area contributed by atoms with Crippen LogP contribution in [-0.4, -0.2) is 0 Å². The van der Waals surface area contributed by atoms with Crippen LogP contribution in [0.4, 0.5) is 0 Å². The van der Waals surface area contributed by atoms with Crippen molar-refractivity contribution in [2.75, 3.05) is 0 Å². The highest BCUT2D eigenvalue weighted by Gasteiger charge is 2.19. The summed E-state index contributed by atoms with van der Waals surface area (Å²) in [5.74, 6) is 4.03. The Morgan fingerprint density at radius 1 is 0.588 bits per heavy atom. The lowest BCUT2D eigenvalue weighted by molar-refractivity contribution is 0.235. The fourth-order valence-corrected chi connectivity index (χ4v) is 2.91. The van der Waals surface area contributed by atoms with Crippen molar-refractivity contribution in [1.29, 1.82) is 0 Å². The topological polar surface area (TPSA) is 0 Å². The first-order chi connectivity index (χ1) is 7.61. The Morgan fingerprint density at radius 3 is 1.12 bits per heavy atom. The number of hydrogen-bond acceptors (Lipinski definition) is 0. The van der Waals surface area contributed by atoms with Crippen LogP contribution in [0.3, 0.4) is 0 Å². The van der Waals surface area contributed by atoms with Crippen LogP contribution in [0.2, 0.25) is 0 Å². The zero-order valence-corrected chi connectivity index (χ0v) is 12.0. The SMILES string of the molecule is C.CC(C)C1CCC1.CC(C)C1CCCCC1. The van der Waals surface area contributed by atoms with Gasteiger partial charge in [0.05, 0.1) is 0 Å². The smallest absolute Gasteiger partial charge is 0.0391 e. The molecular weight excluding hydrogens is 204 g/mol. The quantitative estimate of drug-likeness (QED) is 0.531. The molecule has 0 heterocycles. The molecule has 17 heavy (non-hydrogen) atoms. The van der Waals surface area contributed by atoms with Gasteiger partial charge in [0.15, 0.2) is 0 Å². The fourth-order valence-electron chi connectivity index (χ4n) is 2.91. The molecular formula is C17H36. The Bertz CT molecular complexity index is 159. The summed E-state index contributed by atoms with van der Waals surface area (Å²) in [6, 6.07) is 0. The summed E-state index contributed by atoms with van der Waals surface area (Å²) in [7, 11) is 0. The van der Waals surface area contributed by atoms with Crippen molar-refractivity contribution in [1.82, 2.24) is 0 Å². The summed E-state index contributed by atoms with van der Waals surface area (Å²) >= 11 is 0. The molecule has 2 fully saturated rings. The second-order valence-electron chi connectivity index (χ2n) is 6.58. The maximum atomic E-state index is 2.36. The van der Waals surface area contributed by atoms with Gasteiger partial charge in [-0.15, -0.1) is 0 Å². The molecule has 2 aliphatic carbocycles. The van der Waals surface area contributed by atoms with E-state index < -0.39 is 0 Å². The molecule has 104 valence electrons. The molecule has 2 saturated carbocycles. The first-order valence-electron chi connectivity index (χ1n) is 7.61. The van der Waals surface area contributed by atoms with Crippen LogP contribution in [0.25, 0.3) is 0 Å². The summed E-state index contributed by atoms with van der Waals surface area (Å²) in [4.78, 5) is 0. The molecule has 0 atom stereocenters. The maximum absolute atomic E-state index is 2.36. The molecule has 0 N–H and O–H groups in total. The minimum atomic E-state index is 0. The zero-order chi connectivity index (χ0) is 12.0. The predicted octanol–water partition coefficient (Wildman–Crippen LogP) is 6.30. The zero-order valence-electron chi connectivity index (χ0n) is 12.0. The minimum absolute atomic E-state index is 0. The van der Waals surface area contributed by atoms with E-state index in [4.69, 9.17) is 0 Å². The van der Waals surface area contributed by atoms with Crippen LogP contribution in [0.15, 0.2) is 0 Å². The third kappa shape index (κ3) is 6.48. The number of rotatable bonds is 2. The van der Waals surface area contributed by atoms with E-state index in [9.17, 15) is 0 Å². The van der Waals surface area contributed by atoms with E-state index in [0.717, 1.165) is 23.7 Å². The Hall–Kier alpha value is 0. The summed E-state index contributed by atoms with van der Waals surface area (Å²) in [6.45, 7) is 9.36. The molecule has 0 radical (unpaired) electrons. The Labute approximate surface area is 111 Å². The van der Waals surface area contributed by atoms with Gasteiger partial charge in [-0.05, 0) is 23.7 Å². The van der Waals surface area contributed by atoms with Crippen molar-refractivity contribution in [3.63, 3.8) is 0 Å². The molecule has 0 aliphatic heterocycles. The molecule has 0 amide bonds. The fraction of sp³-hybridized carbons (Fsp3) is 1.00. The standard InChI is InChI=1S/C9H18.C7H14.CH4/c1-8(2)9-6-4-3-5-7-9;1-6(2)7-4-3-5-7;/h8-9H,3-7H2,1-2H3;6-7H,3-5H2,1-2H3;1H4. The van der Waals surface area contributed by atoms with E-state index in [2.05, 4.69) is 27.7 Å². The van der Waals surface area contributed by atoms with Crippen LogP contribution in [0.5, 0.6) is 0 Å². The van der Waals surface area contributed by atoms with Gasteiger partial charge < -0.3 is 0 Å². The van der Waals surface area contributed by atoms with Gasteiger partial charge >= 0.3 is 0 Å². The lowest BCUT2D eigenvalue weighted by atomic mass is 9.78. The van der Waals surface area contributed by atoms with Gasteiger partial charge in [0.2, 0.25) is 0 Å². The van der Waals surface area contributed by atoms with Crippen LogP contribution in [-0.2, 0) is 0 Å². The third-order valence-electron chi connectivity index (χ3n) is 4.69. The first-order valence-corrected chi connectivity index (χ1v) is 7.61. The van der Waals surface area contributed by atoms with Gasteiger partial charge in [0.1, 0.15) is 0 Å². The molecule has 0 unspecified atom stereocenters. The van der Waals surface area contributed by atoms with Gasteiger partial charge in [0.25, 0.3) is 0 Å². The highest BCUT2D eigenvalue weighted by atomic mass is 14.3. The van der Waals surface area contributed by atoms with Gasteiger partial charge in [-0.2, -0.15) is 0 Å². The molecule has 0 bridgehead atoms. The molecule has 0 nitrogen and oxygen atoms in total. The van der Waals surface area contributed by atoms with Crippen molar-refractivity contribution in [3.8, 4) is 0 Å². The van der Waals surface area contributed by atoms with Crippen molar-refractivity contribution >= 4 is 0 Å². The third-order valence-corrected chi connectivity index (χ3v) is 4.69. The van der Waals surface area contributed by atoms with E-state index in [1.807, 2.05) is 0 Å². The van der Waals surface area contributed by atoms with Crippen molar-refractivity contribution in [2.45, 2.75) is 86.5 Å². The van der Waals surface area contributed by atoms with E-state index in [1.165, 1.54) is 51.4 Å². The maximum Gasteiger partial charge on any atom is -0.0391 e. The van der Waals surface area contributed by atoms with Crippen molar-refractivity contribution in [3.05, 3.63) is 0 Å². The Kier molecular flexibility index (Phi) is 9.00. The second kappa shape index (κ2) is 9.00. The van der Waals surface area contributed by atoms with Crippen molar-refractivity contribution in [2.24, 2.45) is 23.7 Å². The van der Waals surface area contributed by atoms with Gasteiger partial charge in [0, 0.05) is 0 Å². The van der Waals surface area contributed by atoms with Crippen LogP contribution < -0.4 is 0 Å². The molecule has 0 saturated heterocycles. The summed E-state index contributed by atoms with van der Waals surface area (Å²) in [5.41, 5.74) is 0. The van der Waals surface area contributed by atoms with Gasteiger partial charge in [-0.1, -0.05) is 86.5 Å². The first kappa shape index (κ1) is 17.0. The van der Waals surface area contributed by atoms with Crippen LogP contribution >= 0.6 is 0 Å². The number of hydrogen-bond donors (Lipinski definition) is 0. The molecule has 0 aromatic heterocycles. The highest BCUT2D eigenvalue weighted by Crippen LogP contribution is 2.32. The van der Waals surface area contributed by atoms with E-state index >= 15 is 0 Å². The molecule has 0 heteroatoms. The summed E-state index contributed by atoms with van der Waals surface area (Å²) in [5, 5.41) is 0. The Balaban J connectivity index is 0.000000292. The summed E-state index contributed by atoms with van der Waals surface area (Å²) < 4.78 is 0. The summed E-state index contributed by atoms with van der Waals surface area (Å²) in [6.07, 6.45) is 11.9. The van der Waals surface area contributed by atoms with Crippen LogP contribution in [0, 0.1) is 23.7 Å². The molecule has 0 spiro atoms. The molecule has 2 aliphatic rings.